The summed E-state index contributed by atoms with van der Waals surface area (Å²) in [5.74, 6) is 0. The Kier molecular flexibility index (Phi) is 5.07. The molecule has 0 radical (unpaired) electrons. The second kappa shape index (κ2) is 5.36. The Bertz CT molecular complexity index is 378. The van der Waals surface area contributed by atoms with Gasteiger partial charge in [0.05, 0.1) is 11.1 Å². The van der Waals surface area contributed by atoms with Crippen LogP contribution in [0.1, 0.15) is 29.7 Å². The van der Waals surface area contributed by atoms with Gasteiger partial charge in [-0.2, -0.15) is 26.3 Å². The first kappa shape index (κ1) is 17.1. The minimum absolute atomic E-state index is 0. The maximum absolute atomic E-state index is 12.4. The molecule has 0 amide bonds. The second-order valence-electron chi connectivity index (χ2n) is 3.63. The molecule has 0 aliphatic carbocycles. The van der Waals surface area contributed by atoms with Crippen LogP contribution in [0.4, 0.5) is 26.3 Å². The van der Waals surface area contributed by atoms with E-state index in [4.69, 9.17) is 5.73 Å². The molecule has 1 aromatic carbocycles. The summed E-state index contributed by atoms with van der Waals surface area (Å²) in [4.78, 5) is 0. The van der Waals surface area contributed by atoms with Gasteiger partial charge in [0.2, 0.25) is 0 Å². The topological polar surface area (TPSA) is 26.0 Å². The molecule has 0 aromatic heterocycles. The fourth-order valence-electron chi connectivity index (χ4n) is 1.24. The third-order valence-corrected chi connectivity index (χ3v) is 2.14. The third-order valence-electron chi connectivity index (χ3n) is 2.14. The van der Waals surface area contributed by atoms with Gasteiger partial charge in [-0.15, -0.1) is 12.4 Å². The summed E-state index contributed by atoms with van der Waals surface area (Å²) in [6.45, 7) is 1.32. The molecule has 1 aromatic rings. The lowest BCUT2D eigenvalue weighted by Crippen LogP contribution is -2.14. The van der Waals surface area contributed by atoms with Gasteiger partial charge in [0.15, 0.2) is 0 Å². The lowest BCUT2D eigenvalue weighted by atomic mass is 10.0. The molecule has 0 saturated carbocycles. The molecular formula is C10H10ClF6N. The normalized spacial score (nSPS) is 14.0. The van der Waals surface area contributed by atoms with Crippen molar-refractivity contribution in [2.75, 3.05) is 0 Å². The highest BCUT2D eigenvalue weighted by molar-refractivity contribution is 5.85. The number of benzene rings is 1. The largest absolute Gasteiger partial charge is 0.416 e. The van der Waals surface area contributed by atoms with Crippen molar-refractivity contribution < 1.29 is 26.3 Å². The van der Waals surface area contributed by atoms with Gasteiger partial charge in [-0.1, -0.05) is 0 Å². The number of nitrogens with two attached hydrogens (primary N) is 1. The van der Waals surface area contributed by atoms with E-state index in [0.29, 0.717) is 12.1 Å². The van der Waals surface area contributed by atoms with Crippen molar-refractivity contribution in [3.63, 3.8) is 0 Å². The molecule has 1 rings (SSSR count). The fraction of sp³-hybridized carbons (Fsp3) is 0.400. The van der Waals surface area contributed by atoms with Crippen molar-refractivity contribution in [1.29, 1.82) is 0 Å². The maximum atomic E-state index is 12.4. The van der Waals surface area contributed by atoms with E-state index in [2.05, 4.69) is 0 Å². The summed E-state index contributed by atoms with van der Waals surface area (Å²) in [5.41, 5.74) is 2.41. The van der Waals surface area contributed by atoms with Gasteiger partial charge in [0, 0.05) is 6.04 Å². The summed E-state index contributed by atoms with van der Waals surface area (Å²) >= 11 is 0. The van der Waals surface area contributed by atoms with Gasteiger partial charge in [0.25, 0.3) is 0 Å². The van der Waals surface area contributed by atoms with Gasteiger partial charge < -0.3 is 5.73 Å². The Morgan fingerprint density at radius 2 is 1.22 bits per heavy atom. The molecule has 0 bridgehead atoms. The van der Waals surface area contributed by atoms with Crippen LogP contribution in [0.15, 0.2) is 18.2 Å². The molecule has 1 atom stereocenters. The molecule has 104 valence electrons. The molecule has 8 heteroatoms. The van der Waals surface area contributed by atoms with Crippen molar-refractivity contribution in [2.45, 2.75) is 25.3 Å². The zero-order chi connectivity index (χ0) is 13.4. The first-order valence-electron chi connectivity index (χ1n) is 4.57. The van der Waals surface area contributed by atoms with E-state index in [1.165, 1.54) is 6.92 Å². The van der Waals surface area contributed by atoms with Gasteiger partial charge in [-0.3, -0.25) is 0 Å². The lowest BCUT2D eigenvalue weighted by molar-refractivity contribution is -0.143. The van der Waals surface area contributed by atoms with Crippen LogP contribution >= 0.6 is 12.4 Å². The summed E-state index contributed by atoms with van der Waals surface area (Å²) in [7, 11) is 0. The summed E-state index contributed by atoms with van der Waals surface area (Å²) in [6, 6.07) is 0.421. The van der Waals surface area contributed by atoms with E-state index < -0.39 is 29.5 Å². The third kappa shape index (κ3) is 4.06. The van der Waals surface area contributed by atoms with E-state index in [1.807, 2.05) is 0 Å². The predicted molar refractivity (Wildman–Crippen MR) is 56.3 cm³/mol. The summed E-state index contributed by atoms with van der Waals surface area (Å²) < 4.78 is 74.3. The number of hydrogen-bond acceptors (Lipinski definition) is 1. The molecule has 1 unspecified atom stereocenters. The van der Waals surface area contributed by atoms with Crippen LogP contribution in [0.25, 0.3) is 0 Å². The molecule has 1 nitrogen and oxygen atoms in total. The van der Waals surface area contributed by atoms with Gasteiger partial charge in [-0.05, 0) is 30.7 Å². The molecule has 18 heavy (non-hydrogen) atoms. The van der Waals surface area contributed by atoms with Crippen molar-refractivity contribution in [3.05, 3.63) is 34.9 Å². The Labute approximate surface area is 105 Å². The lowest BCUT2D eigenvalue weighted by Gasteiger charge is -2.15. The standard InChI is InChI=1S/C10H9F6N.ClH/c1-5(17)6-2-7(9(11,12)13)4-8(3-6)10(14,15)16;/h2-5H,17H2,1H3;1H. The van der Waals surface area contributed by atoms with E-state index in [-0.39, 0.29) is 24.0 Å². The highest BCUT2D eigenvalue weighted by Crippen LogP contribution is 2.37. The number of hydrogen-bond donors (Lipinski definition) is 1. The van der Waals surface area contributed by atoms with Crippen LogP contribution < -0.4 is 5.73 Å². The quantitative estimate of drug-likeness (QED) is 0.773. The SMILES string of the molecule is CC(N)c1cc(C(F)(F)F)cc(C(F)(F)F)c1.Cl. The van der Waals surface area contributed by atoms with Gasteiger partial charge >= 0.3 is 12.4 Å². The fourth-order valence-corrected chi connectivity index (χ4v) is 1.24. The molecule has 0 aliphatic rings. The molecule has 0 heterocycles. The predicted octanol–water partition coefficient (Wildman–Crippen LogP) is 4.17. The minimum atomic E-state index is -4.83. The minimum Gasteiger partial charge on any atom is -0.324 e. The monoisotopic (exact) mass is 293 g/mol. The van der Waals surface area contributed by atoms with Crippen molar-refractivity contribution in [3.8, 4) is 0 Å². The molecule has 0 spiro atoms. The Morgan fingerprint density at radius 3 is 1.44 bits per heavy atom. The van der Waals surface area contributed by atoms with Crippen LogP contribution in [-0.2, 0) is 12.4 Å². The van der Waals surface area contributed by atoms with E-state index in [9.17, 15) is 26.3 Å². The Hall–Kier alpha value is -0.950. The number of rotatable bonds is 1. The average molecular weight is 294 g/mol. The number of halogens is 7. The Balaban J connectivity index is 0.00000289. The van der Waals surface area contributed by atoms with Crippen molar-refractivity contribution in [1.82, 2.24) is 0 Å². The second-order valence-corrected chi connectivity index (χ2v) is 3.63. The first-order valence-corrected chi connectivity index (χ1v) is 4.57. The Morgan fingerprint density at radius 1 is 0.889 bits per heavy atom. The van der Waals surface area contributed by atoms with E-state index in [1.54, 1.807) is 0 Å². The zero-order valence-electron chi connectivity index (χ0n) is 9.06. The molecule has 2 N–H and O–H groups in total. The molecule has 0 aliphatic heterocycles. The van der Waals surface area contributed by atoms with E-state index in [0.717, 1.165) is 0 Å². The molecular weight excluding hydrogens is 284 g/mol. The van der Waals surface area contributed by atoms with Crippen molar-refractivity contribution >= 4 is 12.4 Å². The maximum Gasteiger partial charge on any atom is 0.416 e. The smallest absolute Gasteiger partial charge is 0.324 e. The first-order chi connectivity index (χ1) is 7.51. The van der Waals surface area contributed by atoms with Crippen LogP contribution in [-0.4, -0.2) is 0 Å². The number of alkyl halides is 6. The summed E-state index contributed by atoms with van der Waals surface area (Å²) in [5, 5.41) is 0. The van der Waals surface area contributed by atoms with Gasteiger partial charge in [-0.25, -0.2) is 0 Å². The van der Waals surface area contributed by atoms with Crippen LogP contribution in [0.3, 0.4) is 0 Å². The van der Waals surface area contributed by atoms with Gasteiger partial charge in [0.1, 0.15) is 0 Å². The summed E-state index contributed by atoms with van der Waals surface area (Å²) in [6.07, 6.45) is -9.66. The highest BCUT2D eigenvalue weighted by atomic mass is 35.5. The highest BCUT2D eigenvalue weighted by Gasteiger charge is 2.37. The molecule has 0 fully saturated rings. The van der Waals surface area contributed by atoms with Crippen LogP contribution in [0.5, 0.6) is 0 Å². The van der Waals surface area contributed by atoms with E-state index >= 15 is 0 Å². The van der Waals surface area contributed by atoms with Crippen LogP contribution in [0, 0.1) is 0 Å². The van der Waals surface area contributed by atoms with Crippen LogP contribution in [0.2, 0.25) is 0 Å². The average Bonchev–Trinajstić information content (AvgIpc) is 2.14. The van der Waals surface area contributed by atoms with Crippen molar-refractivity contribution in [2.24, 2.45) is 5.73 Å². The molecule has 0 saturated heterocycles. The zero-order valence-corrected chi connectivity index (χ0v) is 9.88.